The van der Waals surface area contributed by atoms with Crippen LogP contribution in [0.25, 0.3) is 22.0 Å². The Morgan fingerprint density at radius 1 is 0.884 bits per heavy atom. The molecule has 0 atom stereocenters. The SMILES string of the molecule is COC(=O)c1c(-c2cc(OC)c(OC)c(OC)c2)c2ccc(OCc3ncccn3)nc2c(=O)n1Cc1ccnc(C)c1. The molecular formula is C31H29N5O7. The summed E-state index contributed by atoms with van der Waals surface area (Å²) >= 11 is 0. The summed E-state index contributed by atoms with van der Waals surface area (Å²) in [7, 11) is 5.75. The minimum atomic E-state index is -0.713. The average Bonchev–Trinajstić information content (AvgIpc) is 3.04. The third-order valence-corrected chi connectivity index (χ3v) is 6.70. The van der Waals surface area contributed by atoms with Gasteiger partial charge in [-0.1, -0.05) is 0 Å². The van der Waals surface area contributed by atoms with Gasteiger partial charge < -0.3 is 23.7 Å². The lowest BCUT2D eigenvalue weighted by Gasteiger charge is -2.20. The molecule has 0 bridgehead atoms. The molecule has 4 heterocycles. The number of aromatic nitrogens is 5. The largest absolute Gasteiger partial charge is 0.493 e. The number of hydrogen-bond donors (Lipinski definition) is 0. The van der Waals surface area contributed by atoms with E-state index in [0.717, 1.165) is 11.3 Å². The van der Waals surface area contributed by atoms with Crippen molar-refractivity contribution in [3.63, 3.8) is 0 Å². The van der Waals surface area contributed by atoms with E-state index in [-0.39, 0.29) is 30.2 Å². The van der Waals surface area contributed by atoms with Crippen LogP contribution in [0.2, 0.25) is 0 Å². The van der Waals surface area contributed by atoms with E-state index in [9.17, 15) is 9.59 Å². The van der Waals surface area contributed by atoms with Crippen molar-refractivity contribution in [1.82, 2.24) is 24.5 Å². The Kier molecular flexibility index (Phi) is 8.46. The highest BCUT2D eigenvalue weighted by atomic mass is 16.5. The van der Waals surface area contributed by atoms with Crippen LogP contribution in [0.1, 0.15) is 27.6 Å². The molecule has 220 valence electrons. The fourth-order valence-corrected chi connectivity index (χ4v) is 4.78. The van der Waals surface area contributed by atoms with Crippen molar-refractivity contribution in [3.8, 4) is 34.3 Å². The van der Waals surface area contributed by atoms with Crippen LogP contribution in [-0.4, -0.2) is 58.9 Å². The van der Waals surface area contributed by atoms with Crippen LogP contribution >= 0.6 is 0 Å². The number of ether oxygens (including phenoxy) is 5. The van der Waals surface area contributed by atoms with Crippen LogP contribution < -0.4 is 24.5 Å². The Morgan fingerprint density at radius 3 is 2.23 bits per heavy atom. The van der Waals surface area contributed by atoms with E-state index in [1.54, 1.807) is 55.0 Å². The topological polar surface area (TPSA) is 137 Å². The number of fused-ring (bicyclic) bond motifs is 1. The number of carbonyl (C=O) groups is 1. The lowest BCUT2D eigenvalue weighted by atomic mass is 9.97. The zero-order chi connectivity index (χ0) is 30.5. The number of methoxy groups -OCH3 is 4. The molecule has 4 aromatic heterocycles. The number of benzene rings is 1. The van der Waals surface area contributed by atoms with Crippen molar-refractivity contribution in [2.45, 2.75) is 20.1 Å². The maximum atomic E-state index is 14.1. The Morgan fingerprint density at radius 2 is 1.60 bits per heavy atom. The molecule has 0 aliphatic carbocycles. The van der Waals surface area contributed by atoms with Gasteiger partial charge >= 0.3 is 5.97 Å². The van der Waals surface area contributed by atoms with Crippen molar-refractivity contribution in [3.05, 3.63) is 94.2 Å². The first-order valence-corrected chi connectivity index (χ1v) is 13.1. The van der Waals surface area contributed by atoms with Crippen molar-refractivity contribution in [2.75, 3.05) is 28.4 Å². The minimum absolute atomic E-state index is 0.0249. The second-order valence-corrected chi connectivity index (χ2v) is 9.33. The minimum Gasteiger partial charge on any atom is -0.493 e. The zero-order valence-electron chi connectivity index (χ0n) is 24.3. The summed E-state index contributed by atoms with van der Waals surface area (Å²) in [6.45, 7) is 1.94. The summed E-state index contributed by atoms with van der Waals surface area (Å²) < 4.78 is 29.1. The molecule has 12 heteroatoms. The monoisotopic (exact) mass is 583 g/mol. The van der Waals surface area contributed by atoms with Gasteiger partial charge in [-0.05, 0) is 54.4 Å². The van der Waals surface area contributed by atoms with Crippen molar-refractivity contribution in [1.29, 1.82) is 0 Å². The van der Waals surface area contributed by atoms with Crippen LogP contribution in [0, 0.1) is 6.92 Å². The molecule has 12 nitrogen and oxygen atoms in total. The van der Waals surface area contributed by atoms with Crippen LogP contribution in [0.5, 0.6) is 23.1 Å². The highest BCUT2D eigenvalue weighted by Gasteiger charge is 2.27. The van der Waals surface area contributed by atoms with Gasteiger partial charge in [-0.15, -0.1) is 0 Å². The van der Waals surface area contributed by atoms with E-state index in [2.05, 4.69) is 19.9 Å². The Hall–Kier alpha value is -5.52. The van der Waals surface area contributed by atoms with Gasteiger partial charge in [0.2, 0.25) is 11.6 Å². The molecule has 0 saturated heterocycles. The standard InChI is InChI=1S/C31H29N5O7/c1-18-13-19(9-12-32-18)16-36-28(31(38)42-5)26(20-14-22(39-2)29(41-4)23(15-20)40-3)21-7-8-25(35-27(21)30(36)37)43-17-24-33-10-6-11-34-24/h6-15H,16-17H2,1-5H3. The van der Waals surface area contributed by atoms with Crippen LogP contribution in [-0.2, 0) is 17.9 Å². The predicted molar refractivity (Wildman–Crippen MR) is 157 cm³/mol. The average molecular weight is 584 g/mol. The molecule has 0 unspecified atom stereocenters. The van der Waals surface area contributed by atoms with Crippen LogP contribution in [0.4, 0.5) is 0 Å². The van der Waals surface area contributed by atoms with Gasteiger partial charge in [0.15, 0.2) is 17.3 Å². The van der Waals surface area contributed by atoms with Gasteiger partial charge in [0.1, 0.15) is 17.8 Å². The van der Waals surface area contributed by atoms with Gasteiger partial charge in [0.05, 0.1) is 35.0 Å². The molecular weight excluding hydrogens is 554 g/mol. The molecule has 0 spiro atoms. The van der Waals surface area contributed by atoms with Crippen LogP contribution in [0.3, 0.4) is 0 Å². The molecule has 0 radical (unpaired) electrons. The smallest absolute Gasteiger partial charge is 0.355 e. The molecule has 5 aromatic rings. The third kappa shape index (κ3) is 5.80. The summed E-state index contributed by atoms with van der Waals surface area (Å²) in [6.07, 6.45) is 4.86. The quantitative estimate of drug-likeness (QED) is 0.221. The summed E-state index contributed by atoms with van der Waals surface area (Å²) in [5.74, 6) is 1.02. The highest BCUT2D eigenvalue weighted by molar-refractivity contribution is 6.06. The van der Waals surface area contributed by atoms with E-state index >= 15 is 0 Å². The molecule has 0 fully saturated rings. The van der Waals surface area contributed by atoms with E-state index in [1.165, 1.54) is 33.0 Å². The maximum Gasteiger partial charge on any atom is 0.355 e. The number of nitrogens with zero attached hydrogens (tertiary/aromatic N) is 5. The highest BCUT2D eigenvalue weighted by Crippen LogP contribution is 2.43. The Balaban J connectivity index is 1.81. The van der Waals surface area contributed by atoms with Gasteiger partial charge in [-0.3, -0.25) is 14.3 Å². The number of pyridine rings is 3. The van der Waals surface area contributed by atoms with Crippen molar-refractivity contribution in [2.24, 2.45) is 0 Å². The number of carbonyl (C=O) groups excluding carboxylic acids is 1. The lowest BCUT2D eigenvalue weighted by Crippen LogP contribution is -2.29. The Bertz CT molecular complexity index is 1830. The number of hydrogen-bond acceptors (Lipinski definition) is 11. The van der Waals surface area contributed by atoms with Gasteiger partial charge in [-0.2, -0.15) is 0 Å². The first kappa shape index (κ1) is 29.0. The van der Waals surface area contributed by atoms with Gasteiger partial charge in [-0.25, -0.2) is 19.7 Å². The molecule has 1 aromatic carbocycles. The first-order valence-electron chi connectivity index (χ1n) is 13.1. The van der Waals surface area contributed by atoms with Gasteiger partial charge in [0.25, 0.3) is 5.56 Å². The second-order valence-electron chi connectivity index (χ2n) is 9.33. The summed E-state index contributed by atoms with van der Waals surface area (Å²) in [4.78, 5) is 44.8. The number of rotatable bonds is 10. The number of aryl methyl sites for hydroxylation is 1. The van der Waals surface area contributed by atoms with E-state index in [0.29, 0.717) is 39.6 Å². The predicted octanol–water partition coefficient (Wildman–Crippen LogP) is 4.00. The van der Waals surface area contributed by atoms with Crippen molar-refractivity contribution >= 4 is 16.9 Å². The summed E-state index contributed by atoms with van der Waals surface area (Å²) in [5, 5.41) is 0.394. The fourth-order valence-electron chi connectivity index (χ4n) is 4.78. The molecule has 0 saturated carbocycles. The maximum absolute atomic E-state index is 14.1. The molecule has 0 aliphatic heterocycles. The normalized spacial score (nSPS) is 10.8. The molecule has 43 heavy (non-hydrogen) atoms. The van der Waals surface area contributed by atoms with Crippen LogP contribution in [0.15, 0.2) is 65.8 Å². The third-order valence-electron chi connectivity index (χ3n) is 6.70. The lowest BCUT2D eigenvalue weighted by molar-refractivity contribution is 0.0588. The molecule has 0 aliphatic rings. The van der Waals surface area contributed by atoms with Gasteiger partial charge in [0, 0.05) is 41.3 Å². The first-order chi connectivity index (χ1) is 20.9. The van der Waals surface area contributed by atoms with E-state index in [1.807, 2.05) is 13.0 Å². The molecule has 0 N–H and O–H groups in total. The molecule has 5 rings (SSSR count). The zero-order valence-corrected chi connectivity index (χ0v) is 24.3. The summed E-state index contributed by atoms with van der Waals surface area (Å²) in [5.41, 5.74) is 1.99. The number of esters is 1. The van der Waals surface area contributed by atoms with E-state index in [4.69, 9.17) is 23.7 Å². The summed E-state index contributed by atoms with van der Waals surface area (Å²) in [6, 6.07) is 12.0. The van der Waals surface area contributed by atoms with Crippen molar-refractivity contribution < 1.29 is 28.5 Å². The van der Waals surface area contributed by atoms with E-state index < -0.39 is 11.5 Å². The molecule has 0 amide bonds. The Labute approximate surface area is 246 Å². The fraction of sp³-hybridized carbons (Fsp3) is 0.226. The second kappa shape index (κ2) is 12.6.